The third kappa shape index (κ3) is 5.10. The first kappa shape index (κ1) is 23.5. The molecule has 0 radical (unpaired) electrons. The van der Waals surface area contributed by atoms with Crippen LogP contribution in [0.15, 0.2) is 48.5 Å². The third-order valence-electron chi connectivity index (χ3n) is 7.51. The Hall–Kier alpha value is -3.19. The van der Waals surface area contributed by atoms with E-state index in [2.05, 4.69) is 4.90 Å². The number of hydrogen-bond acceptors (Lipinski definition) is 4. The van der Waals surface area contributed by atoms with E-state index >= 15 is 0 Å². The van der Waals surface area contributed by atoms with Gasteiger partial charge in [-0.15, -0.1) is 0 Å². The van der Waals surface area contributed by atoms with Crippen molar-refractivity contribution in [2.45, 2.75) is 44.4 Å². The number of carbonyl (C=O) groups excluding carboxylic acids is 1. The molecule has 0 saturated carbocycles. The molecular formula is C28H34FN5O. The van der Waals surface area contributed by atoms with Gasteiger partial charge >= 0.3 is 0 Å². The molecule has 2 N–H and O–H groups in total. The monoisotopic (exact) mass is 475 g/mol. The summed E-state index contributed by atoms with van der Waals surface area (Å²) < 4.78 is 15.2. The highest BCUT2D eigenvalue weighted by molar-refractivity contribution is 6.06. The van der Waals surface area contributed by atoms with Gasteiger partial charge in [0.25, 0.3) is 5.91 Å². The Balaban J connectivity index is 1.32. The van der Waals surface area contributed by atoms with Crippen molar-refractivity contribution in [3.8, 4) is 0 Å². The first-order valence-electron chi connectivity index (χ1n) is 12.7. The van der Waals surface area contributed by atoms with Gasteiger partial charge in [-0.05, 0) is 99.5 Å². The van der Waals surface area contributed by atoms with Gasteiger partial charge < -0.3 is 10.6 Å². The lowest BCUT2D eigenvalue weighted by Crippen LogP contribution is -2.42. The summed E-state index contributed by atoms with van der Waals surface area (Å²) in [7, 11) is 1.95. The van der Waals surface area contributed by atoms with Gasteiger partial charge in [-0.3, -0.25) is 14.4 Å². The predicted octanol–water partition coefficient (Wildman–Crippen LogP) is 4.55. The Bertz CT molecular complexity index is 1160. The Morgan fingerprint density at radius 2 is 1.74 bits per heavy atom. The standard InChI is InChI=1S/C28H34FN5O/c1-32-27(25-4-2-3-5-26(25)31-32)34(28(35)22-8-12-24(30)13-9-22)19-18-33-16-14-21(15-17-33)20-6-10-23(29)11-7-20/h6-13,21H,2-5,14-19,30H2,1H3. The molecule has 2 heterocycles. The Labute approximate surface area is 206 Å². The zero-order chi connectivity index (χ0) is 24.4. The van der Waals surface area contributed by atoms with Crippen LogP contribution in [-0.4, -0.2) is 46.8 Å². The van der Waals surface area contributed by atoms with E-state index in [1.54, 1.807) is 24.3 Å². The minimum absolute atomic E-state index is 0.0115. The summed E-state index contributed by atoms with van der Waals surface area (Å²) in [5.74, 6) is 1.20. The lowest BCUT2D eigenvalue weighted by atomic mass is 9.89. The smallest absolute Gasteiger partial charge is 0.259 e. The van der Waals surface area contributed by atoms with Gasteiger partial charge in [0.05, 0.1) is 5.69 Å². The fourth-order valence-electron chi connectivity index (χ4n) is 5.55. The van der Waals surface area contributed by atoms with Crippen LogP contribution >= 0.6 is 0 Å². The van der Waals surface area contributed by atoms with Gasteiger partial charge in [0.2, 0.25) is 0 Å². The number of anilines is 2. The SMILES string of the molecule is Cn1nc2c(c1N(CCN1CCC(c3ccc(F)cc3)CC1)C(=O)c1ccc(N)cc1)CCCC2. The van der Waals surface area contributed by atoms with Gasteiger partial charge in [-0.1, -0.05) is 12.1 Å². The number of carbonyl (C=O) groups is 1. The van der Waals surface area contributed by atoms with Gasteiger partial charge in [0, 0.05) is 37.0 Å². The van der Waals surface area contributed by atoms with Crippen LogP contribution in [0.5, 0.6) is 0 Å². The number of nitrogens with two attached hydrogens (primary N) is 1. The molecule has 184 valence electrons. The van der Waals surface area contributed by atoms with Crippen LogP contribution in [0, 0.1) is 5.82 Å². The number of amides is 1. The molecule has 1 saturated heterocycles. The van der Waals surface area contributed by atoms with Gasteiger partial charge in [-0.2, -0.15) is 5.10 Å². The highest BCUT2D eigenvalue weighted by Gasteiger charge is 2.29. The number of rotatable bonds is 6. The Morgan fingerprint density at radius 3 is 2.46 bits per heavy atom. The number of aromatic nitrogens is 2. The summed E-state index contributed by atoms with van der Waals surface area (Å²) >= 11 is 0. The van der Waals surface area contributed by atoms with Gasteiger partial charge in [0.1, 0.15) is 11.6 Å². The second-order valence-corrected chi connectivity index (χ2v) is 9.83. The molecule has 3 aromatic rings. The Morgan fingerprint density at radius 1 is 1.06 bits per heavy atom. The lowest BCUT2D eigenvalue weighted by Gasteiger charge is -2.34. The molecule has 35 heavy (non-hydrogen) atoms. The van der Waals surface area contributed by atoms with Crippen LogP contribution in [0.3, 0.4) is 0 Å². The molecule has 6 nitrogen and oxygen atoms in total. The summed E-state index contributed by atoms with van der Waals surface area (Å²) in [5.41, 5.74) is 10.7. The number of fused-ring (bicyclic) bond motifs is 1. The normalized spacial score (nSPS) is 16.7. The molecule has 0 atom stereocenters. The van der Waals surface area contributed by atoms with Crippen molar-refractivity contribution in [1.82, 2.24) is 14.7 Å². The summed E-state index contributed by atoms with van der Waals surface area (Å²) in [4.78, 5) is 18.1. The fraction of sp³-hybridized carbons (Fsp3) is 0.429. The molecule has 5 rings (SSSR count). The van der Waals surface area contributed by atoms with Crippen molar-refractivity contribution in [2.24, 2.45) is 7.05 Å². The molecule has 1 aliphatic carbocycles. The highest BCUT2D eigenvalue weighted by atomic mass is 19.1. The number of hydrogen-bond donors (Lipinski definition) is 1. The maximum absolute atomic E-state index is 13.7. The Kier molecular flexibility index (Phi) is 6.86. The van der Waals surface area contributed by atoms with E-state index in [0.29, 0.717) is 23.7 Å². The third-order valence-corrected chi connectivity index (χ3v) is 7.51. The van der Waals surface area contributed by atoms with E-state index in [0.717, 1.165) is 69.7 Å². The molecule has 1 amide bonds. The highest BCUT2D eigenvalue weighted by Crippen LogP contribution is 2.32. The molecule has 1 fully saturated rings. The number of aryl methyl sites for hydroxylation is 2. The van der Waals surface area contributed by atoms with Crippen molar-refractivity contribution in [1.29, 1.82) is 0 Å². The predicted molar refractivity (Wildman–Crippen MR) is 137 cm³/mol. The molecule has 7 heteroatoms. The fourth-order valence-corrected chi connectivity index (χ4v) is 5.55. The van der Waals surface area contributed by atoms with Crippen molar-refractivity contribution < 1.29 is 9.18 Å². The molecule has 2 aromatic carbocycles. The zero-order valence-corrected chi connectivity index (χ0v) is 20.4. The van der Waals surface area contributed by atoms with Crippen LogP contribution in [0.2, 0.25) is 0 Å². The molecule has 0 spiro atoms. The zero-order valence-electron chi connectivity index (χ0n) is 20.4. The number of nitrogens with zero attached hydrogens (tertiary/aromatic N) is 4. The van der Waals surface area contributed by atoms with Crippen molar-refractivity contribution in [3.05, 3.63) is 76.7 Å². The quantitative estimate of drug-likeness (QED) is 0.532. The minimum atomic E-state index is -0.186. The number of likely N-dealkylation sites (tertiary alicyclic amines) is 1. The van der Waals surface area contributed by atoms with E-state index in [-0.39, 0.29) is 11.7 Å². The number of halogens is 1. The topological polar surface area (TPSA) is 67.4 Å². The maximum atomic E-state index is 13.7. The first-order chi connectivity index (χ1) is 17.0. The second-order valence-electron chi connectivity index (χ2n) is 9.83. The number of benzene rings is 2. The van der Waals surface area contributed by atoms with Crippen molar-refractivity contribution >= 4 is 17.4 Å². The van der Waals surface area contributed by atoms with Crippen LogP contribution in [0.4, 0.5) is 15.9 Å². The van der Waals surface area contributed by atoms with Crippen LogP contribution < -0.4 is 10.6 Å². The first-order valence-corrected chi connectivity index (χ1v) is 12.7. The minimum Gasteiger partial charge on any atom is -0.399 e. The van der Waals surface area contributed by atoms with E-state index in [9.17, 15) is 9.18 Å². The molecule has 1 aliphatic heterocycles. The van der Waals surface area contributed by atoms with Crippen molar-refractivity contribution in [3.63, 3.8) is 0 Å². The molecular weight excluding hydrogens is 441 g/mol. The van der Waals surface area contributed by atoms with Gasteiger partial charge in [0.15, 0.2) is 0 Å². The second kappa shape index (κ2) is 10.2. The summed E-state index contributed by atoms with van der Waals surface area (Å²) in [6.07, 6.45) is 6.30. The van der Waals surface area contributed by atoms with Crippen molar-refractivity contribution in [2.75, 3.05) is 36.8 Å². The number of piperidine rings is 1. The summed E-state index contributed by atoms with van der Waals surface area (Å²) in [6.45, 7) is 3.35. The van der Waals surface area contributed by atoms with E-state index in [1.807, 2.05) is 40.9 Å². The maximum Gasteiger partial charge on any atom is 0.259 e. The number of nitrogen functional groups attached to an aromatic ring is 1. The van der Waals surface area contributed by atoms with Crippen LogP contribution in [-0.2, 0) is 19.9 Å². The van der Waals surface area contributed by atoms with Crippen LogP contribution in [0.1, 0.15) is 58.8 Å². The molecule has 0 unspecified atom stereocenters. The van der Waals surface area contributed by atoms with E-state index in [4.69, 9.17) is 10.8 Å². The lowest BCUT2D eigenvalue weighted by molar-refractivity contribution is 0.0979. The average Bonchev–Trinajstić information content (AvgIpc) is 3.21. The van der Waals surface area contributed by atoms with Gasteiger partial charge in [-0.25, -0.2) is 4.39 Å². The van der Waals surface area contributed by atoms with E-state index in [1.165, 1.54) is 11.1 Å². The molecule has 1 aromatic heterocycles. The van der Waals surface area contributed by atoms with Crippen LogP contribution in [0.25, 0.3) is 0 Å². The summed E-state index contributed by atoms with van der Waals surface area (Å²) in [6, 6.07) is 14.1. The summed E-state index contributed by atoms with van der Waals surface area (Å²) in [5, 5.41) is 4.77. The average molecular weight is 476 g/mol. The molecule has 0 bridgehead atoms. The molecule has 2 aliphatic rings. The largest absolute Gasteiger partial charge is 0.399 e. The van der Waals surface area contributed by atoms with E-state index < -0.39 is 0 Å².